The first-order valence-electron chi connectivity index (χ1n) is 5.70. The monoisotopic (exact) mass is 238 g/mol. The fourth-order valence-corrected chi connectivity index (χ4v) is 2.04. The Hall–Kier alpha value is -1.10. The summed E-state index contributed by atoms with van der Waals surface area (Å²) in [6, 6.07) is 5.14. The molecule has 0 amide bonds. The fraction of sp³-hybridized carbons (Fsp3) is 0.538. The van der Waals surface area contributed by atoms with Crippen LogP contribution in [0, 0.1) is 0 Å². The minimum Gasteiger partial charge on any atom is -0.485 e. The van der Waals surface area contributed by atoms with Gasteiger partial charge in [-0.05, 0) is 38.5 Å². The molecule has 0 aliphatic carbocycles. The molecule has 0 spiro atoms. The largest absolute Gasteiger partial charge is 0.485 e. The van der Waals surface area contributed by atoms with Crippen molar-refractivity contribution >= 4 is 0 Å². The normalized spacial score (nSPS) is 28.1. The third-order valence-electron chi connectivity index (χ3n) is 3.22. The van der Waals surface area contributed by atoms with Crippen LogP contribution in [0.5, 0.6) is 5.75 Å². The van der Waals surface area contributed by atoms with E-state index in [-0.39, 0.29) is 0 Å². The quantitative estimate of drug-likeness (QED) is 0.690. The summed E-state index contributed by atoms with van der Waals surface area (Å²) in [4.78, 5) is 0. The molecule has 0 fully saturated rings. The lowest BCUT2D eigenvalue weighted by Gasteiger charge is -2.40. The van der Waals surface area contributed by atoms with Gasteiger partial charge in [0.1, 0.15) is 23.6 Å². The number of hydrogen-bond donors (Lipinski definition) is 3. The maximum atomic E-state index is 10.1. The third-order valence-corrected chi connectivity index (χ3v) is 3.22. The Morgan fingerprint density at radius 1 is 1.29 bits per heavy atom. The fourth-order valence-electron chi connectivity index (χ4n) is 2.04. The van der Waals surface area contributed by atoms with E-state index < -0.39 is 23.9 Å². The van der Waals surface area contributed by atoms with Gasteiger partial charge in [0.2, 0.25) is 0 Å². The van der Waals surface area contributed by atoms with E-state index in [2.05, 4.69) is 0 Å². The lowest BCUT2D eigenvalue weighted by atomic mass is 9.87. The Balaban J connectivity index is 2.47. The van der Waals surface area contributed by atoms with Crippen LogP contribution < -0.4 is 4.74 Å². The Labute approximate surface area is 100 Å². The van der Waals surface area contributed by atoms with Gasteiger partial charge in [0, 0.05) is 5.56 Å². The van der Waals surface area contributed by atoms with Crippen LogP contribution in [-0.4, -0.2) is 27.0 Å². The zero-order chi connectivity index (χ0) is 12.8. The standard InChI is InChI=1S/C13H18O4/c1-7(14)8-4-5-10-9(6-8)11(15)12(16)13(2,3)17-10/h4-7,11-12,14-16H,1-3H3. The first-order valence-corrected chi connectivity index (χ1v) is 5.70. The number of ether oxygens (including phenoxy) is 1. The van der Waals surface area contributed by atoms with Gasteiger partial charge in [0.25, 0.3) is 0 Å². The molecule has 3 unspecified atom stereocenters. The molecule has 1 aliphatic rings. The Morgan fingerprint density at radius 2 is 1.94 bits per heavy atom. The second-order valence-corrected chi connectivity index (χ2v) is 5.07. The van der Waals surface area contributed by atoms with Crippen LogP contribution in [0.1, 0.15) is 44.1 Å². The summed E-state index contributed by atoms with van der Waals surface area (Å²) in [7, 11) is 0. The molecule has 4 heteroatoms. The number of aliphatic hydroxyl groups excluding tert-OH is 3. The average Bonchev–Trinajstić information content (AvgIpc) is 2.25. The Morgan fingerprint density at radius 3 is 2.53 bits per heavy atom. The van der Waals surface area contributed by atoms with Gasteiger partial charge in [-0.15, -0.1) is 0 Å². The van der Waals surface area contributed by atoms with Crippen LogP contribution in [0.3, 0.4) is 0 Å². The summed E-state index contributed by atoms with van der Waals surface area (Å²) in [5, 5.41) is 29.5. The number of fused-ring (bicyclic) bond motifs is 1. The van der Waals surface area contributed by atoms with E-state index in [9.17, 15) is 15.3 Å². The summed E-state index contributed by atoms with van der Waals surface area (Å²) in [5.74, 6) is 0.553. The molecule has 1 aromatic rings. The molecule has 1 heterocycles. The second-order valence-electron chi connectivity index (χ2n) is 5.07. The van der Waals surface area contributed by atoms with Crippen LogP contribution in [0.15, 0.2) is 18.2 Å². The third kappa shape index (κ3) is 2.04. The summed E-state index contributed by atoms with van der Waals surface area (Å²) in [6.07, 6.45) is -2.59. The van der Waals surface area contributed by atoms with E-state index in [1.54, 1.807) is 39.0 Å². The van der Waals surface area contributed by atoms with E-state index in [1.165, 1.54) is 0 Å². The topological polar surface area (TPSA) is 69.9 Å². The van der Waals surface area contributed by atoms with Crippen molar-refractivity contribution in [2.75, 3.05) is 0 Å². The van der Waals surface area contributed by atoms with E-state index in [4.69, 9.17) is 4.74 Å². The molecule has 4 nitrogen and oxygen atoms in total. The van der Waals surface area contributed by atoms with Crippen LogP contribution in [-0.2, 0) is 0 Å². The summed E-state index contributed by atoms with van der Waals surface area (Å²) in [5.41, 5.74) is 0.396. The predicted molar refractivity (Wildman–Crippen MR) is 62.7 cm³/mol. The molecule has 17 heavy (non-hydrogen) atoms. The van der Waals surface area contributed by atoms with Crippen LogP contribution in [0.2, 0.25) is 0 Å². The van der Waals surface area contributed by atoms with Crippen molar-refractivity contribution in [1.82, 2.24) is 0 Å². The predicted octanol–water partition coefficient (Wildman–Crippen LogP) is 1.31. The van der Waals surface area contributed by atoms with Gasteiger partial charge in [-0.25, -0.2) is 0 Å². The van der Waals surface area contributed by atoms with Crippen molar-refractivity contribution < 1.29 is 20.1 Å². The van der Waals surface area contributed by atoms with Gasteiger partial charge in [-0.2, -0.15) is 0 Å². The van der Waals surface area contributed by atoms with E-state index in [0.29, 0.717) is 16.9 Å². The number of benzene rings is 1. The van der Waals surface area contributed by atoms with E-state index in [0.717, 1.165) is 0 Å². The summed E-state index contributed by atoms with van der Waals surface area (Å²) < 4.78 is 5.65. The van der Waals surface area contributed by atoms with Crippen molar-refractivity contribution in [2.45, 2.75) is 44.7 Å². The van der Waals surface area contributed by atoms with Gasteiger partial charge >= 0.3 is 0 Å². The summed E-state index contributed by atoms with van der Waals surface area (Å²) in [6.45, 7) is 5.11. The zero-order valence-electron chi connectivity index (χ0n) is 10.2. The molecule has 2 rings (SSSR count). The van der Waals surface area contributed by atoms with Gasteiger partial charge in [0.05, 0.1) is 6.10 Å². The molecule has 0 aromatic heterocycles. The average molecular weight is 238 g/mol. The number of hydrogen-bond acceptors (Lipinski definition) is 4. The lowest BCUT2D eigenvalue weighted by molar-refractivity contribution is -0.111. The molecule has 94 valence electrons. The first-order chi connectivity index (χ1) is 7.83. The zero-order valence-corrected chi connectivity index (χ0v) is 10.2. The molecule has 0 saturated carbocycles. The van der Waals surface area contributed by atoms with Gasteiger partial charge in [-0.1, -0.05) is 6.07 Å². The van der Waals surface area contributed by atoms with Crippen molar-refractivity contribution in [2.24, 2.45) is 0 Å². The SMILES string of the molecule is CC(O)c1ccc2c(c1)C(O)C(O)C(C)(C)O2. The molecule has 1 aromatic carbocycles. The highest BCUT2D eigenvalue weighted by Gasteiger charge is 2.42. The van der Waals surface area contributed by atoms with Crippen molar-refractivity contribution in [3.8, 4) is 5.75 Å². The van der Waals surface area contributed by atoms with E-state index >= 15 is 0 Å². The molecule has 0 saturated heterocycles. The molecule has 0 radical (unpaired) electrons. The van der Waals surface area contributed by atoms with Gasteiger partial charge in [0.15, 0.2) is 0 Å². The highest BCUT2D eigenvalue weighted by Crippen LogP contribution is 2.40. The Kier molecular flexibility index (Phi) is 2.89. The number of rotatable bonds is 1. The maximum Gasteiger partial charge on any atom is 0.132 e. The summed E-state index contributed by atoms with van der Waals surface area (Å²) >= 11 is 0. The molecular formula is C13H18O4. The molecule has 3 atom stereocenters. The van der Waals surface area contributed by atoms with Crippen LogP contribution in [0.25, 0.3) is 0 Å². The Bertz CT molecular complexity index is 425. The highest BCUT2D eigenvalue weighted by molar-refractivity contribution is 5.42. The highest BCUT2D eigenvalue weighted by atomic mass is 16.5. The van der Waals surface area contributed by atoms with Crippen LogP contribution in [0.4, 0.5) is 0 Å². The van der Waals surface area contributed by atoms with Crippen molar-refractivity contribution in [3.63, 3.8) is 0 Å². The van der Waals surface area contributed by atoms with Crippen LogP contribution >= 0.6 is 0 Å². The lowest BCUT2D eigenvalue weighted by Crippen LogP contribution is -2.48. The van der Waals surface area contributed by atoms with Gasteiger partial charge < -0.3 is 20.1 Å². The molecule has 0 bridgehead atoms. The van der Waals surface area contributed by atoms with Gasteiger partial charge in [-0.3, -0.25) is 0 Å². The van der Waals surface area contributed by atoms with E-state index in [1.807, 2.05) is 0 Å². The van der Waals surface area contributed by atoms with Crippen molar-refractivity contribution in [1.29, 1.82) is 0 Å². The first kappa shape index (κ1) is 12.4. The second kappa shape index (κ2) is 3.98. The number of aliphatic hydroxyl groups is 3. The molecular weight excluding hydrogens is 220 g/mol. The van der Waals surface area contributed by atoms with Crippen molar-refractivity contribution in [3.05, 3.63) is 29.3 Å². The minimum absolute atomic E-state index is 0.523. The maximum absolute atomic E-state index is 10.1. The smallest absolute Gasteiger partial charge is 0.132 e. The molecule has 1 aliphatic heterocycles. The molecule has 3 N–H and O–H groups in total. The minimum atomic E-state index is -0.993.